The molecule has 81 heavy (non-hydrogen) atoms. The fourth-order valence-corrected chi connectivity index (χ4v) is 17.7. The van der Waals surface area contributed by atoms with Gasteiger partial charge in [0.2, 0.25) is 0 Å². The van der Waals surface area contributed by atoms with Crippen LogP contribution in [-0.2, 0) is 0 Å². The van der Waals surface area contributed by atoms with Crippen molar-refractivity contribution in [2.45, 2.75) is 0 Å². The second kappa shape index (κ2) is 15.6. The highest BCUT2D eigenvalue weighted by molar-refractivity contribution is 7.26. The van der Waals surface area contributed by atoms with E-state index in [0.29, 0.717) is 0 Å². The lowest BCUT2D eigenvalue weighted by molar-refractivity contribution is 0.436. The van der Waals surface area contributed by atoms with Gasteiger partial charge < -0.3 is 23.0 Å². The van der Waals surface area contributed by atoms with Crippen molar-refractivity contribution in [3.63, 3.8) is 0 Å². The minimum Gasteiger partial charge on any atom is -0.521 e. The summed E-state index contributed by atoms with van der Waals surface area (Å²) in [6, 6.07) is 85.5. The van der Waals surface area contributed by atoms with Crippen molar-refractivity contribution >= 4 is 173 Å². The molecule has 12 aromatic carbocycles. The van der Waals surface area contributed by atoms with E-state index in [2.05, 4.69) is 244 Å². The minimum absolute atomic E-state index is 0.725. The normalized spacial score (nSPS) is 13.1. The first-order chi connectivity index (χ1) is 40.2. The standard InChI is InChI=1S/C72H38BN3O2S3/c1-7-19-55-42(13-1)47-29-32-63-66(50-16-4-10-22-60(50)79-63)70(47)74(55)39-25-27-45-53-35-41(76-57-21-9-3-15-44(57)49-31-34-65-68(72(49)76)52-18-6-12-24-62(52)81-65)36-54-46-28-26-40(38-59(46)78-73(69(53)54)77-58(45)37-39)75-56-20-8-2-14-43(56)48-30-33-64-67(71(48)75)51-17-5-11-23-61(51)80-64/h1-38H. The highest BCUT2D eigenvalue weighted by Crippen LogP contribution is 2.51. The monoisotopic (exact) mass is 1080 g/mol. The summed E-state index contributed by atoms with van der Waals surface area (Å²) in [5.41, 5.74) is 15.6. The third-order valence-electron chi connectivity index (χ3n) is 17.7. The molecular formula is C72H38BN3O2S3. The summed E-state index contributed by atoms with van der Waals surface area (Å²) in [4.78, 5) is 0. The van der Waals surface area contributed by atoms with Crippen LogP contribution in [0.1, 0.15) is 0 Å². The van der Waals surface area contributed by atoms with Gasteiger partial charge in [-0.1, -0.05) is 127 Å². The van der Waals surface area contributed by atoms with Crippen molar-refractivity contribution in [3.05, 3.63) is 231 Å². The van der Waals surface area contributed by atoms with Crippen LogP contribution in [0.5, 0.6) is 11.5 Å². The molecule has 9 heteroatoms. The molecule has 0 bridgehead atoms. The number of rotatable bonds is 3. The van der Waals surface area contributed by atoms with Crippen LogP contribution in [-0.4, -0.2) is 20.8 Å². The molecule has 20 rings (SSSR count). The molecule has 0 N–H and O–H groups in total. The van der Waals surface area contributed by atoms with Gasteiger partial charge in [0.1, 0.15) is 11.5 Å². The van der Waals surface area contributed by atoms with Crippen LogP contribution in [0.2, 0.25) is 0 Å². The molecule has 374 valence electrons. The number of hydrogen-bond donors (Lipinski definition) is 0. The molecule has 0 saturated heterocycles. The molecule has 0 unspecified atom stereocenters. The minimum atomic E-state index is -0.725. The molecular weight excluding hydrogens is 1050 g/mol. The predicted molar refractivity (Wildman–Crippen MR) is 346 cm³/mol. The number of para-hydroxylation sites is 3. The summed E-state index contributed by atoms with van der Waals surface area (Å²) in [6.45, 7) is 0. The first kappa shape index (κ1) is 43.3. The third kappa shape index (κ3) is 5.65. The molecule has 2 aliphatic rings. The van der Waals surface area contributed by atoms with Crippen molar-refractivity contribution in [1.82, 2.24) is 13.7 Å². The van der Waals surface area contributed by atoms with Crippen molar-refractivity contribution in [1.29, 1.82) is 0 Å². The number of nitrogens with zero attached hydrogens (tertiary/aromatic N) is 3. The maximum Gasteiger partial charge on any atom is 0.633 e. The Balaban J connectivity index is 0.863. The largest absolute Gasteiger partial charge is 0.633 e. The van der Waals surface area contributed by atoms with E-state index in [1.807, 2.05) is 34.0 Å². The van der Waals surface area contributed by atoms with Crippen LogP contribution < -0.4 is 14.8 Å². The van der Waals surface area contributed by atoms with E-state index < -0.39 is 7.12 Å². The lowest BCUT2D eigenvalue weighted by atomic mass is 9.66. The topological polar surface area (TPSA) is 33.2 Å². The Labute approximate surface area is 473 Å². The first-order valence-electron chi connectivity index (χ1n) is 27.5. The second-order valence-corrected chi connectivity index (χ2v) is 25.0. The molecule has 0 radical (unpaired) electrons. The number of thiophene rings is 3. The second-order valence-electron chi connectivity index (χ2n) is 21.7. The quantitative estimate of drug-likeness (QED) is 0.165. The van der Waals surface area contributed by atoms with E-state index >= 15 is 0 Å². The van der Waals surface area contributed by atoms with E-state index in [9.17, 15) is 0 Å². The van der Waals surface area contributed by atoms with E-state index in [-0.39, 0.29) is 0 Å². The highest BCUT2D eigenvalue weighted by atomic mass is 32.1. The molecule has 0 aliphatic carbocycles. The van der Waals surface area contributed by atoms with Crippen molar-refractivity contribution in [2.24, 2.45) is 0 Å². The average Bonchev–Trinajstić information content (AvgIpc) is 3.85. The molecule has 0 saturated carbocycles. The van der Waals surface area contributed by atoms with Crippen LogP contribution in [0.25, 0.3) is 165 Å². The zero-order valence-electron chi connectivity index (χ0n) is 42.9. The molecule has 8 heterocycles. The molecule has 5 nitrogen and oxygen atoms in total. The SMILES string of the molecule is c1ccc2c(c1)sc1ccc3c4ccccc4n(-c4ccc5c(c4)OB4Oc6cc(-n7c8ccccc8c8ccc9sc%10ccccc%10c9c87)ccc6-c6cc(-n7c8ccccc8c8ccc9sc%10ccccc%10c9c87)cc-5c64)c3c12. The van der Waals surface area contributed by atoms with Crippen LogP contribution in [0, 0.1) is 0 Å². The number of hydrogen-bond acceptors (Lipinski definition) is 5. The molecule has 2 aliphatic heterocycles. The van der Waals surface area contributed by atoms with E-state index in [4.69, 9.17) is 9.31 Å². The zero-order valence-corrected chi connectivity index (χ0v) is 45.3. The Morgan fingerprint density at radius 3 is 1.01 bits per heavy atom. The molecule has 0 spiro atoms. The van der Waals surface area contributed by atoms with Crippen LogP contribution >= 0.6 is 34.0 Å². The van der Waals surface area contributed by atoms with Crippen molar-refractivity contribution < 1.29 is 9.31 Å². The van der Waals surface area contributed by atoms with E-state index in [1.54, 1.807) is 0 Å². The van der Waals surface area contributed by atoms with Gasteiger partial charge in [-0.25, -0.2) is 0 Å². The van der Waals surface area contributed by atoms with E-state index in [1.165, 1.54) is 115 Å². The van der Waals surface area contributed by atoms with Gasteiger partial charge in [-0.15, -0.1) is 34.0 Å². The average molecular weight is 1080 g/mol. The summed E-state index contributed by atoms with van der Waals surface area (Å²) in [7, 11) is -0.725. The summed E-state index contributed by atoms with van der Waals surface area (Å²) in [5, 5.41) is 15.1. The van der Waals surface area contributed by atoms with Crippen LogP contribution in [0.15, 0.2) is 231 Å². The predicted octanol–water partition coefficient (Wildman–Crippen LogP) is 19.9. The number of fused-ring (bicyclic) bond motifs is 25. The molecule has 6 aromatic heterocycles. The lowest BCUT2D eigenvalue weighted by Crippen LogP contribution is -2.49. The molecule has 0 amide bonds. The third-order valence-corrected chi connectivity index (χ3v) is 21.1. The molecule has 0 atom stereocenters. The maximum absolute atomic E-state index is 7.39. The number of benzene rings is 12. The zero-order chi connectivity index (χ0) is 52.3. The van der Waals surface area contributed by atoms with Gasteiger partial charge in [-0.3, -0.25) is 0 Å². The summed E-state index contributed by atoms with van der Waals surface area (Å²) < 4.78 is 29.9. The van der Waals surface area contributed by atoms with Crippen LogP contribution in [0.3, 0.4) is 0 Å². The fourth-order valence-electron chi connectivity index (χ4n) is 14.4. The Morgan fingerprint density at radius 1 is 0.272 bits per heavy atom. The van der Waals surface area contributed by atoms with Gasteiger partial charge in [0.15, 0.2) is 0 Å². The Hall–Kier alpha value is -9.64. The van der Waals surface area contributed by atoms with Gasteiger partial charge in [-0.05, 0) is 102 Å². The van der Waals surface area contributed by atoms with Gasteiger partial charge in [-0.2, -0.15) is 0 Å². The molecule has 18 aromatic rings. The first-order valence-corrected chi connectivity index (χ1v) is 29.9. The summed E-state index contributed by atoms with van der Waals surface area (Å²) in [6.07, 6.45) is 0. The van der Waals surface area contributed by atoms with Gasteiger partial charge in [0.05, 0.1) is 33.1 Å². The Morgan fingerprint density at radius 2 is 0.617 bits per heavy atom. The lowest BCUT2D eigenvalue weighted by Gasteiger charge is -2.33. The van der Waals surface area contributed by atoms with Gasteiger partial charge >= 0.3 is 7.12 Å². The van der Waals surface area contributed by atoms with E-state index in [0.717, 1.165) is 67.3 Å². The molecule has 0 fully saturated rings. The van der Waals surface area contributed by atoms with Crippen LogP contribution in [0.4, 0.5) is 0 Å². The van der Waals surface area contributed by atoms with Gasteiger partial charge in [0.25, 0.3) is 0 Å². The smallest absolute Gasteiger partial charge is 0.521 e. The van der Waals surface area contributed by atoms with Crippen molar-refractivity contribution in [3.8, 4) is 50.8 Å². The summed E-state index contributed by atoms with van der Waals surface area (Å²) >= 11 is 5.58. The van der Waals surface area contributed by atoms with Gasteiger partial charge in [0, 0.05) is 139 Å². The maximum atomic E-state index is 7.39. The summed E-state index contributed by atoms with van der Waals surface area (Å²) in [5.74, 6) is 1.56. The fraction of sp³-hybridized carbons (Fsp3) is 0. The Bertz CT molecular complexity index is 5630. The Kier molecular flexibility index (Phi) is 8.33. The highest BCUT2D eigenvalue weighted by Gasteiger charge is 2.43. The number of aromatic nitrogens is 3. The van der Waals surface area contributed by atoms with Crippen molar-refractivity contribution in [2.75, 3.05) is 0 Å².